The van der Waals surface area contributed by atoms with Crippen molar-refractivity contribution in [3.8, 4) is 0 Å². The zero-order valence-corrected chi connectivity index (χ0v) is 19.2. The minimum atomic E-state index is -0.805. The molecule has 2 aliphatic heterocycles. The van der Waals surface area contributed by atoms with Gasteiger partial charge in [0.05, 0.1) is 20.7 Å². The number of rotatable bonds is 5. The van der Waals surface area contributed by atoms with Gasteiger partial charge in [0.25, 0.3) is 17.5 Å². The molecule has 0 unspecified atom stereocenters. The summed E-state index contributed by atoms with van der Waals surface area (Å²) >= 11 is 1.63. The van der Waals surface area contributed by atoms with Gasteiger partial charge in [0.2, 0.25) is 5.91 Å². The van der Waals surface area contributed by atoms with Crippen LogP contribution in [0.15, 0.2) is 36.4 Å². The Labute approximate surface area is 198 Å². The number of nitrogens with zero attached hydrogens (tertiary/aromatic N) is 5. The molecule has 1 fully saturated rings. The molecule has 0 N–H and O–H groups in total. The molecular weight excluding hydrogens is 458 g/mol. The number of aryl methyl sites for hydroxylation is 1. The average molecular weight is 480 g/mol. The number of carbonyl (C=O) groups is 3. The van der Waals surface area contributed by atoms with Crippen molar-refractivity contribution >= 4 is 50.1 Å². The van der Waals surface area contributed by atoms with E-state index >= 15 is 0 Å². The third-order valence-corrected chi connectivity index (χ3v) is 7.30. The van der Waals surface area contributed by atoms with E-state index in [1.807, 2.05) is 6.07 Å². The SMILES string of the molecule is CCc1ccc2nc(N3CCN(C(=O)CN4C(=O)c5cccc([N+](=O)[O-])c5C4=O)CC3)sc2c1. The van der Waals surface area contributed by atoms with Crippen molar-refractivity contribution < 1.29 is 19.3 Å². The number of nitro benzene ring substituents is 1. The van der Waals surface area contributed by atoms with E-state index in [1.165, 1.54) is 23.8 Å². The summed E-state index contributed by atoms with van der Waals surface area (Å²) in [5, 5.41) is 12.2. The molecule has 34 heavy (non-hydrogen) atoms. The third kappa shape index (κ3) is 3.67. The fourth-order valence-corrected chi connectivity index (χ4v) is 5.39. The average Bonchev–Trinajstić information content (AvgIpc) is 3.38. The number of thiazole rings is 1. The van der Waals surface area contributed by atoms with Gasteiger partial charge in [-0.05, 0) is 30.2 Å². The van der Waals surface area contributed by atoms with Crippen molar-refractivity contribution in [2.45, 2.75) is 13.3 Å². The zero-order chi connectivity index (χ0) is 24.0. The molecule has 0 spiro atoms. The molecule has 1 saturated heterocycles. The lowest BCUT2D eigenvalue weighted by molar-refractivity contribution is -0.385. The number of hydrogen-bond donors (Lipinski definition) is 0. The first kappa shape index (κ1) is 22.0. The van der Waals surface area contributed by atoms with Crippen molar-refractivity contribution in [1.29, 1.82) is 0 Å². The second kappa shape index (κ2) is 8.49. The summed E-state index contributed by atoms with van der Waals surface area (Å²) in [5.41, 5.74) is 1.49. The van der Waals surface area contributed by atoms with Gasteiger partial charge < -0.3 is 9.80 Å². The highest BCUT2D eigenvalue weighted by Crippen LogP contribution is 2.32. The summed E-state index contributed by atoms with van der Waals surface area (Å²) in [6, 6.07) is 10.2. The molecule has 1 aromatic heterocycles. The highest BCUT2D eigenvalue weighted by molar-refractivity contribution is 7.22. The molecule has 0 radical (unpaired) electrons. The first-order valence-electron chi connectivity index (χ1n) is 10.9. The van der Waals surface area contributed by atoms with Crippen LogP contribution in [0.2, 0.25) is 0 Å². The summed E-state index contributed by atoms with van der Waals surface area (Å²) in [6.07, 6.45) is 0.963. The quantitative estimate of drug-likeness (QED) is 0.314. The number of anilines is 1. The van der Waals surface area contributed by atoms with E-state index in [9.17, 15) is 24.5 Å². The topological polar surface area (TPSA) is 117 Å². The Morgan fingerprint density at radius 1 is 1.12 bits per heavy atom. The Morgan fingerprint density at radius 2 is 1.88 bits per heavy atom. The van der Waals surface area contributed by atoms with Crippen LogP contribution in [0.3, 0.4) is 0 Å². The number of nitro groups is 1. The molecule has 3 heterocycles. The van der Waals surface area contributed by atoms with Gasteiger partial charge in [0.1, 0.15) is 12.1 Å². The van der Waals surface area contributed by atoms with Crippen LogP contribution in [0.5, 0.6) is 0 Å². The minimum absolute atomic E-state index is 0.0427. The van der Waals surface area contributed by atoms with Crippen LogP contribution in [-0.2, 0) is 11.2 Å². The van der Waals surface area contributed by atoms with Crippen molar-refractivity contribution in [2.75, 3.05) is 37.6 Å². The van der Waals surface area contributed by atoms with Crippen LogP contribution < -0.4 is 4.90 Å². The standard InChI is InChI=1S/C23H21N5O5S/c1-2-14-6-7-16-18(12-14)34-23(24-16)26-10-8-25(9-11-26)19(29)13-27-21(30)15-4-3-5-17(28(32)33)20(15)22(27)31/h3-7,12H,2,8-11,13H2,1H3. The second-order valence-electron chi connectivity index (χ2n) is 8.17. The molecular formula is C23H21N5O5S. The zero-order valence-electron chi connectivity index (χ0n) is 18.4. The van der Waals surface area contributed by atoms with Crippen LogP contribution in [-0.4, -0.2) is 70.2 Å². The lowest BCUT2D eigenvalue weighted by atomic mass is 10.1. The molecule has 0 saturated carbocycles. The molecule has 11 heteroatoms. The Bertz CT molecular complexity index is 1340. The van der Waals surface area contributed by atoms with Gasteiger partial charge in [0.15, 0.2) is 5.13 Å². The van der Waals surface area contributed by atoms with E-state index in [2.05, 4.69) is 24.0 Å². The highest BCUT2D eigenvalue weighted by Gasteiger charge is 2.42. The molecule has 0 atom stereocenters. The number of benzene rings is 2. The predicted octanol–water partition coefficient (Wildman–Crippen LogP) is 2.71. The summed E-state index contributed by atoms with van der Waals surface area (Å²) < 4.78 is 1.13. The Morgan fingerprint density at radius 3 is 2.59 bits per heavy atom. The fraction of sp³-hybridized carbons (Fsp3) is 0.304. The van der Waals surface area contributed by atoms with Crippen LogP contribution >= 0.6 is 11.3 Å². The number of piperazine rings is 1. The number of amides is 3. The van der Waals surface area contributed by atoms with Crippen molar-refractivity contribution in [2.24, 2.45) is 0 Å². The molecule has 0 aliphatic carbocycles. The number of hydrogen-bond acceptors (Lipinski definition) is 8. The Hall–Kier alpha value is -3.86. The monoisotopic (exact) mass is 479 g/mol. The van der Waals surface area contributed by atoms with E-state index in [-0.39, 0.29) is 17.0 Å². The smallest absolute Gasteiger partial charge is 0.282 e. The molecule has 0 bridgehead atoms. The molecule has 3 aromatic rings. The van der Waals surface area contributed by atoms with E-state index < -0.39 is 29.0 Å². The summed E-state index contributed by atoms with van der Waals surface area (Å²) in [7, 11) is 0. The first-order chi connectivity index (χ1) is 16.4. The van der Waals surface area contributed by atoms with Gasteiger partial charge in [-0.3, -0.25) is 29.4 Å². The predicted molar refractivity (Wildman–Crippen MR) is 126 cm³/mol. The van der Waals surface area contributed by atoms with Crippen molar-refractivity contribution in [1.82, 2.24) is 14.8 Å². The number of imide groups is 1. The maximum Gasteiger partial charge on any atom is 0.282 e. The summed E-state index contributed by atoms with van der Waals surface area (Å²) in [4.78, 5) is 58.1. The molecule has 174 valence electrons. The van der Waals surface area contributed by atoms with E-state index in [1.54, 1.807) is 16.2 Å². The van der Waals surface area contributed by atoms with Gasteiger partial charge in [0, 0.05) is 32.2 Å². The van der Waals surface area contributed by atoms with Gasteiger partial charge in [-0.1, -0.05) is 30.4 Å². The van der Waals surface area contributed by atoms with Crippen molar-refractivity contribution in [3.05, 3.63) is 63.2 Å². The Kier molecular flexibility index (Phi) is 5.48. The van der Waals surface area contributed by atoms with Crippen LogP contribution in [0.25, 0.3) is 10.2 Å². The van der Waals surface area contributed by atoms with Crippen molar-refractivity contribution in [3.63, 3.8) is 0 Å². The first-order valence-corrected chi connectivity index (χ1v) is 11.7. The largest absolute Gasteiger partial charge is 0.345 e. The molecule has 3 amide bonds. The lowest BCUT2D eigenvalue weighted by Crippen LogP contribution is -2.51. The second-order valence-corrected chi connectivity index (χ2v) is 9.18. The lowest BCUT2D eigenvalue weighted by Gasteiger charge is -2.35. The maximum atomic E-state index is 12.9. The summed E-state index contributed by atoms with van der Waals surface area (Å²) in [6.45, 7) is 3.70. The summed E-state index contributed by atoms with van der Waals surface area (Å²) in [5.74, 6) is -1.86. The molecule has 2 aromatic carbocycles. The maximum absolute atomic E-state index is 12.9. The fourth-order valence-electron chi connectivity index (χ4n) is 4.31. The normalized spacial score (nSPS) is 15.9. The van der Waals surface area contributed by atoms with Crippen LogP contribution in [0.4, 0.5) is 10.8 Å². The number of aromatic nitrogens is 1. The molecule has 2 aliphatic rings. The van der Waals surface area contributed by atoms with Crippen LogP contribution in [0, 0.1) is 10.1 Å². The van der Waals surface area contributed by atoms with E-state index in [4.69, 9.17) is 4.98 Å². The van der Waals surface area contributed by atoms with Gasteiger partial charge in [-0.25, -0.2) is 4.98 Å². The molecule has 5 rings (SSSR count). The minimum Gasteiger partial charge on any atom is -0.345 e. The number of carbonyl (C=O) groups excluding carboxylic acids is 3. The van der Waals surface area contributed by atoms with Gasteiger partial charge in [-0.15, -0.1) is 0 Å². The number of fused-ring (bicyclic) bond motifs is 2. The Balaban J connectivity index is 1.24. The van der Waals surface area contributed by atoms with E-state index in [0.29, 0.717) is 26.2 Å². The van der Waals surface area contributed by atoms with Gasteiger partial charge >= 0.3 is 0 Å². The third-order valence-electron chi connectivity index (χ3n) is 6.22. The van der Waals surface area contributed by atoms with Crippen LogP contribution in [0.1, 0.15) is 33.2 Å². The highest BCUT2D eigenvalue weighted by atomic mass is 32.1. The van der Waals surface area contributed by atoms with E-state index in [0.717, 1.165) is 26.7 Å². The van der Waals surface area contributed by atoms with Gasteiger partial charge in [-0.2, -0.15) is 0 Å². The molecule has 10 nitrogen and oxygen atoms in total.